The molecule has 0 amide bonds. The predicted molar refractivity (Wildman–Crippen MR) is 62.2 cm³/mol. The molecule has 1 aliphatic carbocycles. The van der Waals surface area contributed by atoms with Crippen molar-refractivity contribution in [1.82, 2.24) is 29.9 Å². The number of rotatable bonds is 5. The van der Waals surface area contributed by atoms with Crippen molar-refractivity contribution in [3.8, 4) is 0 Å². The number of hydrogen-bond donors (Lipinski definition) is 1. The highest BCUT2D eigenvalue weighted by atomic mass is 15.4. The summed E-state index contributed by atoms with van der Waals surface area (Å²) in [4.78, 5) is 4.36. The Bertz CT molecular complexity index is 496. The van der Waals surface area contributed by atoms with Gasteiger partial charge in [0.25, 0.3) is 0 Å². The van der Waals surface area contributed by atoms with Crippen molar-refractivity contribution in [1.29, 1.82) is 0 Å². The third-order valence-electron chi connectivity index (χ3n) is 2.91. The third kappa shape index (κ3) is 2.52. The van der Waals surface area contributed by atoms with Crippen LogP contribution in [0.2, 0.25) is 0 Å². The van der Waals surface area contributed by atoms with E-state index in [4.69, 9.17) is 0 Å². The Morgan fingerprint density at radius 3 is 3.06 bits per heavy atom. The van der Waals surface area contributed by atoms with E-state index in [1.54, 1.807) is 4.68 Å². The van der Waals surface area contributed by atoms with Crippen molar-refractivity contribution >= 4 is 0 Å². The van der Waals surface area contributed by atoms with Gasteiger partial charge in [0.2, 0.25) is 0 Å². The molecule has 0 bridgehead atoms. The number of imidazole rings is 1. The molecule has 6 heteroatoms. The molecule has 1 aliphatic rings. The third-order valence-corrected chi connectivity index (χ3v) is 2.91. The zero-order valence-corrected chi connectivity index (χ0v) is 9.87. The summed E-state index contributed by atoms with van der Waals surface area (Å²) in [6, 6.07) is 0.705. The van der Waals surface area contributed by atoms with Gasteiger partial charge in [0.15, 0.2) is 0 Å². The van der Waals surface area contributed by atoms with Crippen LogP contribution < -0.4 is 5.32 Å². The van der Waals surface area contributed by atoms with Gasteiger partial charge in [-0.2, -0.15) is 0 Å². The second kappa shape index (κ2) is 4.29. The van der Waals surface area contributed by atoms with Gasteiger partial charge >= 0.3 is 0 Å². The molecule has 0 radical (unpaired) electrons. The van der Waals surface area contributed by atoms with Crippen LogP contribution in [0.3, 0.4) is 0 Å². The van der Waals surface area contributed by atoms with Gasteiger partial charge in [-0.1, -0.05) is 5.21 Å². The van der Waals surface area contributed by atoms with Crippen LogP contribution in [0.1, 0.15) is 24.4 Å². The minimum absolute atomic E-state index is 0.705. The van der Waals surface area contributed by atoms with E-state index in [1.165, 1.54) is 12.8 Å². The van der Waals surface area contributed by atoms with Crippen molar-refractivity contribution in [2.75, 3.05) is 0 Å². The van der Waals surface area contributed by atoms with Crippen LogP contribution in [-0.2, 0) is 20.1 Å². The van der Waals surface area contributed by atoms with Crippen LogP contribution in [0.15, 0.2) is 18.6 Å². The fraction of sp³-hybridized carbons (Fsp3) is 0.545. The van der Waals surface area contributed by atoms with E-state index >= 15 is 0 Å². The van der Waals surface area contributed by atoms with Crippen LogP contribution in [-0.4, -0.2) is 30.6 Å². The van der Waals surface area contributed by atoms with Crippen LogP contribution >= 0.6 is 0 Å². The van der Waals surface area contributed by atoms with Crippen molar-refractivity contribution in [3.05, 3.63) is 30.1 Å². The quantitative estimate of drug-likeness (QED) is 0.806. The van der Waals surface area contributed by atoms with Crippen LogP contribution in [0.4, 0.5) is 0 Å². The Balaban J connectivity index is 1.67. The molecule has 17 heavy (non-hydrogen) atoms. The van der Waals surface area contributed by atoms with Crippen LogP contribution in [0.25, 0.3) is 0 Å². The van der Waals surface area contributed by atoms with Gasteiger partial charge in [-0.25, -0.2) is 4.98 Å². The van der Waals surface area contributed by atoms with E-state index in [0.717, 1.165) is 24.6 Å². The fourth-order valence-electron chi connectivity index (χ4n) is 1.82. The van der Waals surface area contributed by atoms with E-state index in [2.05, 4.69) is 25.2 Å². The number of hydrogen-bond acceptors (Lipinski definition) is 4. The Hall–Kier alpha value is -1.69. The first-order valence-corrected chi connectivity index (χ1v) is 5.90. The first-order valence-electron chi connectivity index (χ1n) is 5.90. The Morgan fingerprint density at radius 1 is 1.47 bits per heavy atom. The SMILES string of the molecule is Cn1cc(Cn2ccnc2CNC2CC2)nn1. The molecule has 0 spiro atoms. The van der Waals surface area contributed by atoms with E-state index in [-0.39, 0.29) is 0 Å². The molecule has 3 rings (SSSR count). The predicted octanol–water partition coefficient (Wildman–Crippen LogP) is 0.312. The van der Waals surface area contributed by atoms with Gasteiger partial charge in [0.1, 0.15) is 11.5 Å². The Morgan fingerprint density at radius 2 is 2.35 bits per heavy atom. The van der Waals surface area contributed by atoms with Gasteiger partial charge in [0, 0.05) is 31.7 Å². The zero-order valence-electron chi connectivity index (χ0n) is 9.87. The number of nitrogens with zero attached hydrogens (tertiary/aromatic N) is 5. The van der Waals surface area contributed by atoms with Crippen LogP contribution in [0.5, 0.6) is 0 Å². The van der Waals surface area contributed by atoms with Gasteiger partial charge in [-0.3, -0.25) is 4.68 Å². The number of nitrogens with one attached hydrogen (secondary N) is 1. The summed E-state index contributed by atoms with van der Waals surface area (Å²) < 4.78 is 3.83. The largest absolute Gasteiger partial charge is 0.328 e. The maximum atomic E-state index is 4.36. The molecule has 0 aliphatic heterocycles. The average molecular weight is 232 g/mol. The van der Waals surface area contributed by atoms with Gasteiger partial charge < -0.3 is 9.88 Å². The molecule has 6 nitrogen and oxygen atoms in total. The number of aryl methyl sites for hydroxylation is 1. The molecule has 0 saturated heterocycles. The molecule has 0 aromatic carbocycles. The van der Waals surface area contributed by atoms with E-state index in [9.17, 15) is 0 Å². The molecule has 2 aromatic rings. The first kappa shape index (κ1) is 10.5. The molecule has 1 saturated carbocycles. The molecular weight excluding hydrogens is 216 g/mol. The highest BCUT2D eigenvalue weighted by molar-refractivity contribution is 5.00. The maximum Gasteiger partial charge on any atom is 0.123 e. The lowest BCUT2D eigenvalue weighted by Crippen LogP contribution is -2.19. The monoisotopic (exact) mass is 232 g/mol. The molecule has 2 heterocycles. The second-order valence-electron chi connectivity index (χ2n) is 4.51. The lowest BCUT2D eigenvalue weighted by atomic mass is 10.4. The van der Waals surface area contributed by atoms with Crippen molar-refractivity contribution in [2.45, 2.75) is 32.0 Å². The zero-order chi connectivity index (χ0) is 11.7. The molecular formula is C11H16N6. The molecule has 0 unspecified atom stereocenters. The summed E-state index contributed by atoms with van der Waals surface area (Å²) in [7, 11) is 1.87. The van der Waals surface area contributed by atoms with Crippen molar-refractivity contribution < 1.29 is 0 Å². The van der Waals surface area contributed by atoms with Gasteiger partial charge in [-0.15, -0.1) is 5.10 Å². The van der Waals surface area contributed by atoms with Crippen LogP contribution in [0, 0.1) is 0 Å². The summed E-state index contributed by atoms with van der Waals surface area (Å²) in [6.45, 7) is 1.56. The molecule has 90 valence electrons. The lowest BCUT2D eigenvalue weighted by Gasteiger charge is -2.06. The van der Waals surface area contributed by atoms with Crippen molar-refractivity contribution in [3.63, 3.8) is 0 Å². The second-order valence-corrected chi connectivity index (χ2v) is 4.51. The topological polar surface area (TPSA) is 60.6 Å². The van der Waals surface area contributed by atoms with E-state index < -0.39 is 0 Å². The molecule has 0 atom stereocenters. The maximum absolute atomic E-state index is 4.36. The number of aromatic nitrogens is 5. The standard InChI is InChI=1S/C11H16N6/c1-16-7-10(14-15-16)8-17-5-4-12-11(17)6-13-9-2-3-9/h4-5,7,9,13H,2-3,6,8H2,1H3. The van der Waals surface area contributed by atoms with Gasteiger partial charge in [0.05, 0.1) is 13.1 Å². The first-order chi connectivity index (χ1) is 8.31. The average Bonchev–Trinajstić information content (AvgIpc) is 2.90. The Kier molecular flexibility index (Phi) is 2.64. The lowest BCUT2D eigenvalue weighted by molar-refractivity contribution is 0.614. The normalized spacial score (nSPS) is 15.4. The summed E-state index contributed by atoms with van der Waals surface area (Å²) in [5, 5.41) is 11.5. The smallest absolute Gasteiger partial charge is 0.123 e. The molecule has 1 fully saturated rings. The van der Waals surface area contributed by atoms with E-state index in [1.807, 2.05) is 25.6 Å². The summed E-state index contributed by atoms with van der Waals surface area (Å²) in [5.74, 6) is 1.06. The summed E-state index contributed by atoms with van der Waals surface area (Å²) in [5.41, 5.74) is 0.957. The van der Waals surface area contributed by atoms with Crippen molar-refractivity contribution in [2.24, 2.45) is 7.05 Å². The highest BCUT2D eigenvalue weighted by Crippen LogP contribution is 2.19. The van der Waals surface area contributed by atoms with Gasteiger partial charge in [-0.05, 0) is 12.8 Å². The fourth-order valence-corrected chi connectivity index (χ4v) is 1.82. The molecule has 2 aromatic heterocycles. The Labute approximate surface area is 99.7 Å². The minimum atomic E-state index is 0.705. The highest BCUT2D eigenvalue weighted by Gasteiger charge is 2.20. The molecule has 1 N–H and O–H groups in total. The van der Waals surface area contributed by atoms with E-state index in [0.29, 0.717) is 6.04 Å². The summed E-state index contributed by atoms with van der Waals surface area (Å²) >= 11 is 0. The summed E-state index contributed by atoms with van der Waals surface area (Å²) in [6.07, 6.45) is 8.34. The minimum Gasteiger partial charge on any atom is -0.328 e.